The van der Waals surface area contributed by atoms with E-state index < -0.39 is 5.90 Å². The van der Waals surface area contributed by atoms with Gasteiger partial charge in [0.25, 0.3) is 0 Å². The van der Waals surface area contributed by atoms with Crippen LogP contribution in [0.4, 0.5) is 11.6 Å². The van der Waals surface area contributed by atoms with Gasteiger partial charge in [0.1, 0.15) is 17.5 Å². The summed E-state index contributed by atoms with van der Waals surface area (Å²) in [5, 5.41) is 12.5. The first-order chi connectivity index (χ1) is 14.7. The van der Waals surface area contributed by atoms with Gasteiger partial charge in [0.2, 0.25) is 0 Å². The molecule has 0 aliphatic heterocycles. The van der Waals surface area contributed by atoms with Crippen molar-refractivity contribution >= 4 is 29.1 Å². The molecule has 1 aromatic heterocycles. The molecule has 0 aliphatic carbocycles. The second-order valence-electron chi connectivity index (χ2n) is 8.18. The van der Waals surface area contributed by atoms with Crippen molar-refractivity contribution in [3.05, 3.63) is 40.7 Å². The molecule has 4 N–H and O–H groups in total. The second kappa shape index (κ2) is 11.2. The van der Waals surface area contributed by atoms with E-state index in [2.05, 4.69) is 48.1 Å². The molecule has 0 aliphatic rings. The molecule has 0 saturated heterocycles. The molecule has 0 bridgehead atoms. The van der Waals surface area contributed by atoms with E-state index in [0.717, 1.165) is 42.5 Å². The Morgan fingerprint density at radius 3 is 2.48 bits per heavy atom. The number of halogens is 1. The summed E-state index contributed by atoms with van der Waals surface area (Å²) >= 11 is 5.88. The first kappa shape index (κ1) is 24.7. The summed E-state index contributed by atoms with van der Waals surface area (Å²) in [7, 11) is 6.03. The normalized spacial score (nSPS) is 13.3. The van der Waals surface area contributed by atoms with Crippen molar-refractivity contribution in [1.29, 1.82) is 0 Å². The highest BCUT2D eigenvalue weighted by molar-refractivity contribution is 6.31. The first-order valence-corrected chi connectivity index (χ1v) is 10.8. The molecule has 0 fully saturated rings. The number of nitrogen functional groups attached to an aromatic ring is 2. The van der Waals surface area contributed by atoms with Crippen LogP contribution in [-0.4, -0.2) is 60.7 Å². The summed E-state index contributed by atoms with van der Waals surface area (Å²) in [6, 6.07) is 8.36. The lowest BCUT2D eigenvalue weighted by atomic mass is 10.1. The van der Waals surface area contributed by atoms with E-state index >= 15 is 0 Å². The zero-order valence-corrected chi connectivity index (χ0v) is 19.5. The van der Waals surface area contributed by atoms with Crippen molar-refractivity contribution in [2.24, 2.45) is 4.99 Å². The minimum Gasteiger partial charge on any atom is -0.857 e. The van der Waals surface area contributed by atoms with Crippen LogP contribution in [0.2, 0.25) is 5.15 Å². The molecule has 1 atom stereocenters. The molecule has 31 heavy (non-hydrogen) atoms. The number of nitrogens with two attached hydrogens (primary N) is 2. The van der Waals surface area contributed by atoms with Gasteiger partial charge in [0, 0.05) is 18.7 Å². The van der Waals surface area contributed by atoms with Gasteiger partial charge in [0.15, 0.2) is 16.8 Å². The topological polar surface area (TPSA) is 122 Å². The zero-order chi connectivity index (χ0) is 23.0. The number of ether oxygens (including phenoxy) is 1. The zero-order valence-electron chi connectivity index (χ0n) is 18.8. The predicted molar refractivity (Wildman–Crippen MR) is 124 cm³/mol. The lowest BCUT2D eigenvalue weighted by Crippen LogP contribution is -2.51. The van der Waals surface area contributed by atoms with Crippen LogP contribution in [0, 0.1) is 0 Å². The van der Waals surface area contributed by atoms with E-state index in [-0.39, 0.29) is 28.5 Å². The summed E-state index contributed by atoms with van der Waals surface area (Å²) in [4.78, 5) is 12.1. The number of aryl methyl sites for hydroxylation is 1. The van der Waals surface area contributed by atoms with Gasteiger partial charge in [-0.3, -0.25) is 4.99 Å². The second-order valence-corrected chi connectivity index (χ2v) is 8.53. The fraction of sp³-hybridized carbons (Fsp3) is 0.500. The molecular weight excluding hydrogens is 416 g/mol. The maximum absolute atomic E-state index is 12.6. The van der Waals surface area contributed by atoms with Crippen LogP contribution in [0.3, 0.4) is 0 Å². The van der Waals surface area contributed by atoms with Crippen LogP contribution >= 0.6 is 11.6 Å². The average Bonchev–Trinajstić information content (AvgIpc) is 2.73. The Morgan fingerprint density at radius 2 is 1.87 bits per heavy atom. The third-order valence-electron chi connectivity index (χ3n) is 5.52. The van der Waals surface area contributed by atoms with Crippen molar-refractivity contribution in [2.45, 2.75) is 38.6 Å². The van der Waals surface area contributed by atoms with Crippen LogP contribution in [0.5, 0.6) is 5.75 Å². The minimum absolute atomic E-state index is 0.00534. The van der Waals surface area contributed by atoms with Gasteiger partial charge in [-0.05, 0) is 24.1 Å². The van der Waals surface area contributed by atoms with Gasteiger partial charge in [0.05, 0.1) is 34.3 Å². The Labute approximate surface area is 189 Å². The van der Waals surface area contributed by atoms with E-state index in [4.69, 9.17) is 27.8 Å². The number of hydrogen-bond acceptors (Lipinski definition) is 7. The summed E-state index contributed by atoms with van der Waals surface area (Å²) in [6.45, 7) is 3.48. The van der Waals surface area contributed by atoms with Gasteiger partial charge < -0.3 is 25.8 Å². The summed E-state index contributed by atoms with van der Waals surface area (Å²) in [5.41, 5.74) is 12.6. The van der Waals surface area contributed by atoms with E-state index in [1.54, 1.807) is 7.11 Å². The SMILES string of the molecule is CCC[C@@H](CN=C([O-])c1nc(Cl)c(N)nc1N)[N+](C)(C)CCCc1ccc(OC)cc1. The van der Waals surface area contributed by atoms with Crippen molar-refractivity contribution in [3.8, 4) is 5.75 Å². The van der Waals surface area contributed by atoms with Crippen LogP contribution in [0.25, 0.3) is 0 Å². The molecule has 0 saturated carbocycles. The van der Waals surface area contributed by atoms with E-state index in [0.29, 0.717) is 6.54 Å². The lowest BCUT2D eigenvalue weighted by Gasteiger charge is -2.38. The van der Waals surface area contributed by atoms with Crippen molar-refractivity contribution < 1.29 is 14.3 Å². The Kier molecular flexibility index (Phi) is 8.88. The standard InChI is InChI=1S/C22H33ClN6O2/c1-5-7-16(14-26-22(30)18-20(24)28-21(25)19(23)27-18)29(2,3)13-6-8-15-9-11-17(31-4)12-10-15/h9-12,16H,5-8,13-14H2,1-4H3,(H4-,24,25,26,28,30)/t16-/m0/s1. The number of hydrogen-bond donors (Lipinski definition) is 2. The summed E-state index contributed by atoms with van der Waals surface area (Å²) in [6.07, 6.45) is 3.97. The Hall–Kier alpha value is -2.58. The Balaban J connectivity index is 2.03. The Bertz CT molecular complexity index is 886. The van der Waals surface area contributed by atoms with Crippen LogP contribution < -0.4 is 21.3 Å². The molecule has 2 rings (SSSR count). The molecular formula is C22H33ClN6O2. The lowest BCUT2D eigenvalue weighted by molar-refractivity contribution is -0.914. The molecule has 170 valence electrons. The van der Waals surface area contributed by atoms with Crippen LogP contribution in [-0.2, 0) is 6.42 Å². The number of likely N-dealkylation sites (N-methyl/N-ethyl adjacent to an activating group) is 1. The molecule has 0 unspecified atom stereocenters. The number of rotatable bonds is 11. The van der Waals surface area contributed by atoms with Crippen LogP contribution in [0.15, 0.2) is 29.3 Å². The van der Waals surface area contributed by atoms with Gasteiger partial charge in [-0.2, -0.15) is 0 Å². The van der Waals surface area contributed by atoms with Gasteiger partial charge >= 0.3 is 0 Å². The number of anilines is 2. The number of quaternary nitrogens is 1. The monoisotopic (exact) mass is 448 g/mol. The summed E-state index contributed by atoms with van der Waals surface area (Å²) in [5.74, 6) is 0.276. The third-order valence-corrected chi connectivity index (χ3v) is 5.80. The number of methoxy groups -OCH3 is 1. The van der Waals surface area contributed by atoms with Gasteiger partial charge in [-0.25, -0.2) is 9.97 Å². The molecule has 0 amide bonds. The fourth-order valence-corrected chi connectivity index (χ4v) is 3.65. The van der Waals surface area contributed by atoms with Gasteiger partial charge in [-0.15, -0.1) is 0 Å². The quantitative estimate of drug-likeness (QED) is 0.309. The van der Waals surface area contributed by atoms with E-state index in [1.165, 1.54) is 5.56 Å². The smallest absolute Gasteiger partial charge is 0.172 e. The summed E-state index contributed by atoms with van der Waals surface area (Å²) < 4.78 is 5.98. The maximum atomic E-state index is 12.6. The molecule has 8 nitrogen and oxygen atoms in total. The first-order valence-electron chi connectivity index (χ1n) is 10.4. The molecule has 1 heterocycles. The number of aliphatic imine (C=N–C) groups is 1. The van der Waals surface area contributed by atoms with Gasteiger partial charge in [-0.1, -0.05) is 37.1 Å². The average molecular weight is 449 g/mol. The highest BCUT2D eigenvalue weighted by Crippen LogP contribution is 2.19. The number of nitrogens with zero attached hydrogens (tertiary/aromatic N) is 4. The molecule has 0 radical (unpaired) electrons. The molecule has 0 spiro atoms. The van der Waals surface area contributed by atoms with Crippen molar-refractivity contribution in [1.82, 2.24) is 9.97 Å². The van der Waals surface area contributed by atoms with E-state index in [9.17, 15) is 5.11 Å². The van der Waals surface area contributed by atoms with Crippen LogP contribution in [0.1, 0.15) is 37.4 Å². The predicted octanol–water partition coefficient (Wildman–Crippen LogP) is 2.29. The molecule has 9 heteroatoms. The molecule has 2 aromatic rings. The highest BCUT2D eigenvalue weighted by Gasteiger charge is 2.27. The van der Waals surface area contributed by atoms with Crippen molar-refractivity contribution in [3.63, 3.8) is 0 Å². The number of benzene rings is 1. The molecule has 1 aromatic carbocycles. The maximum Gasteiger partial charge on any atom is 0.172 e. The highest BCUT2D eigenvalue weighted by atomic mass is 35.5. The number of aromatic nitrogens is 2. The van der Waals surface area contributed by atoms with E-state index in [1.807, 2.05) is 12.1 Å². The Morgan fingerprint density at radius 1 is 1.19 bits per heavy atom. The largest absolute Gasteiger partial charge is 0.857 e. The van der Waals surface area contributed by atoms with Crippen molar-refractivity contribution in [2.75, 3.05) is 45.8 Å². The minimum atomic E-state index is -0.522. The fourth-order valence-electron chi connectivity index (χ4n) is 3.52. The third kappa shape index (κ3) is 6.97.